The first-order chi connectivity index (χ1) is 6.31. The molecular weight excluding hydrogens is 168 g/mol. The molecule has 0 amide bonds. The standard InChI is InChI=1S/C9H8N2O2/c1-13-9(12)8-5-7-3-2-4-11(7)6-10-8/h2-6H,1H3. The Bertz CT molecular complexity index is 448. The number of carbonyl (C=O) groups is 1. The maximum absolute atomic E-state index is 11.1. The first-order valence-corrected chi connectivity index (χ1v) is 3.82. The predicted molar refractivity (Wildman–Crippen MR) is 46.5 cm³/mol. The van der Waals surface area contributed by atoms with Crippen molar-refractivity contribution in [3.63, 3.8) is 0 Å². The Labute approximate surface area is 74.8 Å². The Kier molecular flexibility index (Phi) is 1.73. The highest BCUT2D eigenvalue weighted by Gasteiger charge is 2.06. The van der Waals surface area contributed by atoms with Crippen LogP contribution in [0.4, 0.5) is 0 Å². The molecule has 13 heavy (non-hydrogen) atoms. The molecule has 0 N–H and O–H groups in total. The van der Waals surface area contributed by atoms with Gasteiger partial charge in [0.1, 0.15) is 6.33 Å². The van der Waals surface area contributed by atoms with Crippen molar-refractivity contribution >= 4 is 11.5 Å². The molecule has 0 fully saturated rings. The molecule has 0 unspecified atom stereocenters. The monoisotopic (exact) mass is 176 g/mol. The summed E-state index contributed by atoms with van der Waals surface area (Å²) in [4.78, 5) is 15.0. The highest BCUT2D eigenvalue weighted by atomic mass is 16.5. The molecule has 0 bridgehead atoms. The molecule has 0 saturated heterocycles. The zero-order valence-electron chi connectivity index (χ0n) is 7.10. The van der Waals surface area contributed by atoms with Crippen LogP contribution in [0.3, 0.4) is 0 Å². The molecule has 0 saturated carbocycles. The van der Waals surface area contributed by atoms with Crippen molar-refractivity contribution in [2.75, 3.05) is 7.11 Å². The Morgan fingerprint density at radius 3 is 3.23 bits per heavy atom. The van der Waals surface area contributed by atoms with E-state index in [1.54, 1.807) is 12.4 Å². The molecule has 4 nitrogen and oxygen atoms in total. The molecule has 0 aliphatic carbocycles. The van der Waals surface area contributed by atoms with Crippen LogP contribution in [0.5, 0.6) is 0 Å². The smallest absolute Gasteiger partial charge is 0.356 e. The Morgan fingerprint density at radius 1 is 1.62 bits per heavy atom. The third-order valence-corrected chi connectivity index (χ3v) is 1.81. The normalized spacial score (nSPS) is 10.2. The predicted octanol–water partition coefficient (Wildman–Crippen LogP) is 1.12. The molecule has 2 rings (SSSR count). The maximum atomic E-state index is 11.1. The molecule has 0 atom stereocenters. The average molecular weight is 176 g/mol. The van der Waals surface area contributed by atoms with E-state index in [4.69, 9.17) is 0 Å². The van der Waals surface area contributed by atoms with Crippen molar-refractivity contribution in [2.24, 2.45) is 0 Å². The van der Waals surface area contributed by atoms with Gasteiger partial charge in [-0.1, -0.05) is 0 Å². The average Bonchev–Trinajstić information content (AvgIpc) is 2.63. The van der Waals surface area contributed by atoms with E-state index < -0.39 is 5.97 Å². The molecule has 66 valence electrons. The lowest BCUT2D eigenvalue weighted by Crippen LogP contribution is -2.04. The van der Waals surface area contributed by atoms with E-state index in [1.165, 1.54) is 7.11 Å². The molecule has 0 aliphatic rings. The van der Waals surface area contributed by atoms with E-state index in [9.17, 15) is 4.79 Å². The number of carbonyl (C=O) groups excluding carboxylic acids is 1. The van der Waals surface area contributed by atoms with Crippen molar-refractivity contribution in [1.82, 2.24) is 9.38 Å². The fourth-order valence-corrected chi connectivity index (χ4v) is 1.15. The largest absolute Gasteiger partial charge is 0.464 e. The summed E-state index contributed by atoms with van der Waals surface area (Å²) in [6.45, 7) is 0. The van der Waals surface area contributed by atoms with Crippen molar-refractivity contribution in [1.29, 1.82) is 0 Å². The zero-order chi connectivity index (χ0) is 9.26. The summed E-state index contributed by atoms with van der Waals surface area (Å²) < 4.78 is 6.38. The highest BCUT2D eigenvalue weighted by molar-refractivity contribution is 5.88. The van der Waals surface area contributed by atoms with Crippen LogP contribution < -0.4 is 0 Å². The van der Waals surface area contributed by atoms with Crippen LogP contribution in [0.15, 0.2) is 30.7 Å². The van der Waals surface area contributed by atoms with Gasteiger partial charge in [0.05, 0.1) is 7.11 Å². The molecule has 2 aromatic heterocycles. The number of fused-ring (bicyclic) bond motifs is 1. The van der Waals surface area contributed by atoms with Crippen LogP contribution >= 0.6 is 0 Å². The van der Waals surface area contributed by atoms with E-state index >= 15 is 0 Å². The first kappa shape index (κ1) is 7.79. The fourth-order valence-electron chi connectivity index (χ4n) is 1.15. The minimum absolute atomic E-state index is 0.328. The van der Waals surface area contributed by atoms with Crippen LogP contribution in [-0.2, 0) is 4.74 Å². The van der Waals surface area contributed by atoms with Gasteiger partial charge in [0, 0.05) is 11.7 Å². The van der Waals surface area contributed by atoms with Crippen molar-refractivity contribution in [3.05, 3.63) is 36.4 Å². The van der Waals surface area contributed by atoms with Gasteiger partial charge in [0.15, 0.2) is 5.69 Å². The van der Waals surface area contributed by atoms with Crippen molar-refractivity contribution in [3.8, 4) is 0 Å². The number of hydrogen-bond acceptors (Lipinski definition) is 3. The summed E-state index contributed by atoms with van der Waals surface area (Å²) in [7, 11) is 1.34. The highest BCUT2D eigenvalue weighted by Crippen LogP contribution is 2.05. The number of rotatable bonds is 1. The van der Waals surface area contributed by atoms with Crippen LogP contribution in [0.25, 0.3) is 5.52 Å². The molecule has 0 aromatic carbocycles. The quantitative estimate of drug-likeness (QED) is 0.611. The van der Waals surface area contributed by atoms with Gasteiger partial charge < -0.3 is 9.14 Å². The Balaban J connectivity index is 2.54. The Hall–Kier alpha value is -1.84. The molecule has 0 aliphatic heterocycles. The van der Waals surface area contributed by atoms with Gasteiger partial charge in [0.2, 0.25) is 0 Å². The van der Waals surface area contributed by atoms with E-state index in [0.717, 1.165) is 5.52 Å². The van der Waals surface area contributed by atoms with Crippen molar-refractivity contribution < 1.29 is 9.53 Å². The van der Waals surface area contributed by atoms with Crippen LogP contribution in [0.2, 0.25) is 0 Å². The van der Waals surface area contributed by atoms with Crippen molar-refractivity contribution in [2.45, 2.75) is 0 Å². The maximum Gasteiger partial charge on any atom is 0.356 e. The van der Waals surface area contributed by atoms with E-state index in [2.05, 4.69) is 9.72 Å². The number of nitrogens with zero attached hydrogens (tertiary/aromatic N) is 2. The van der Waals surface area contributed by atoms with Crippen LogP contribution in [0, 0.1) is 0 Å². The van der Waals surface area contributed by atoms with E-state index in [1.807, 2.05) is 22.7 Å². The summed E-state index contributed by atoms with van der Waals surface area (Å²) in [5.41, 5.74) is 1.25. The summed E-state index contributed by atoms with van der Waals surface area (Å²) >= 11 is 0. The summed E-state index contributed by atoms with van der Waals surface area (Å²) in [5, 5.41) is 0. The van der Waals surface area contributed by atoms with Gasteiger partial charge in [-0.3, -0.25) is 0 Å². The number of methoxy groups -OCH3 is 1. The second kappa shape index (κ2) is 2.90. The number of esters is 1. The third kappa shape index (κ3) is 1.26. The second-order valence-electron chi connectivity index (χ2n) is 2.61. The lowest BCUT2D eigenvalue weighted by Gasteiger charge is -1.98. The minimum atomic E-state index is -0.413. The summed E-state index contributed by atoms with van der Waals surface area (Å²) in [5.74, 6) is -0.413. The van der Waals surface area contributed by atoms with Crippen LogP contribution in [-0.4, -0.2) is 22.5 Å². The molecule has 4 heteroatoms. The zero-order valence-corrected chi connectivity index (χ0v) is 7.10. The Morgan fingerprint density at radius 2 is 2.46 bits per heavy atom. The second-order valence-corrected chi connectivity index (χ2v) is 2.61. The first-order valence-electron chi connectivity index (χ1n) is 3.82. The molecule has 2 aromatic rings. The van der Waals surface area contributed by atoms with E-state index in [0.29, 0.717) is 5.69 Å². The van der Waals surface area contributed by atoms with Gasteiger partial charge in [-0.05, 0) is 18.2 Å². The molecule has 0 spiro atoms. The summed E-state index contributed by atoms with van der Waals surface area (Å²) in [6.07, 6.45) is 3.45. The molecular formula is C9H8N2O2. The minimum Gasteiger partial charge on any atom is -0.464 e. The summed E-state index contributed by atoms with van der Waals surface area (Å²) in [6, 6.07) is 5.47. The van der Waals surface area contributed by atoms with Gasteiger partial charge in [-0.15, -0.1) is 0 Å². The van der Waals surface area contributed by atoms with E-state index in [-0.39, 0.29) is 0 Å². The van der Waals surface area contributed by atoms with Crippen LogP contribution in [0.1, 0.15) is 10.5 Å². The third-order valence-electron chi connectivity index (χ3n) is 1.81. The number of ether oxygens (including phenoxy) is 1. The SMILES string of the molecule is COC(=O)c1cc2cccn2cn1. The topological polar surface area (TPSA) is 43.6 Å². The molecule has 2 heterocycles. The van der Waals surface area contributed by atoms with Gasteiger partial charge in [-0.2, -0.15) is 0 Å². The molecule has 0 radical (unpaired) electrons. The van der Waals surface area contributed by atoms with Gasteiger partial charge >= 0.3 is 5.97 Å². The van der Waals surface area contributed by atoms with Gasteiger partial charge in [0.25, 0.3) is 0 Å². The lowest BCUT2D eigenvalue weighted by molar-refractivity contribution is 0.0594. The number of hydrogen-bond donors (Lipinski definition) is 0. The fraction of sp³-hybridized carbons (Fsp3) is 0.111. The lowest BCUT2D eigenvalue weighted by atomic mass is 10.3. The number of aromatic nitrogens is 2. The van der Waals surface area contributed by atoms with Gasteiger partial charge in [-0.25, -0.2) is 9.78 Å².